The van der Waals surface area contributed by atoms with E-state index in [1.54, 1.807) is 0 Å². The molecular weight excluding hydrogens is 254 g/mol. The van der Waals surface area contributed by atoms with Gasteiger partial charge in [-0.1, -0.05) is 35.2 Å². The zero-order chi connectivity index (χ0) is 11.1. The van der Waals surface area contributed by atoms with E-state index in [-0.39, 0.29) is 6.10 Å². The molecular formula is C12H24BrNO. The minimum absolute atomic E-state index is 0.0834. The number of alkyl halides is 1. The molecule has 0 bridgehead atoms. The number of rotatable bonds is 6. The highest BCUT2D eigenvalue weighted by molar-refractivity contribution is 9.09. The molecule has 1 aliphatic carbocycles. The first-order valence-corrected chi connectivity index (χ1v) is 7.32. The number of halogens is 1. The molecule has 2 atom stereocenters. The van der Waals surface area contributed by atoms with Crippen molar-refractivity contribution in [3.8, 4) is 0 Å². The van der Waals surface area contributed by atoms with Crippen molar-refractivity contribution >= 4 is 15.9 Å². The van der Waals surface area contributed by atoms with Crippen molar-refractivity contribution in [2.75, 3.05) is 18.9 Å². The third-order valence-corrected chi connectivity index (χ3v) is 3.97. The predicted octanol–water partition coefficient (Wildman–Crippen LogP) is 2.79. The summed E-state index contributed by atoms with van der Waals surface area (Å²) in [4.78, 5) is 2.36. The summed E-state index contributed by atoms with van der Waals surface area (Å²) in [7, 11) is 2.16. The maximum atomic E-state index is 9.89. The maximum absolute atomic E-state index is 9.89. The van der Waals surface area contributed by atoms with Gasteiger partial charge in [0, 0.05) is 11.4 Å². The molecule has 0 heterocycles. The summed E-state index contributed by atoms with van der Waals surface area (Å²) in [5.41, 5.74) is 0. The Morgan fingerprint density at radius 1 is 1.20 bits per heavy atom. The summed E-state index contributed by atoms with van der Waals surface area (Å²) in [5, 5.41) is 11.0. The Kier molecular flexibility index (Phi) is 6.86. The van der Waals surface area contributed by atoms with Crippen LogP contribution in [0.1, 0.15) is 44.9 Å². The standard InChI is InChI=1S/C12H24BrNO/c1-14(10-6-2-5-9-13)11-7-3-4-8-12(11)15/h11-12,15H,2-10H2,1H3. The average molecular weight is 278 g/mol. The molecule has 1 fully saturated rings. The fourth-order valence-electron chi connectivity index (χ4n) is 2.40. The summed E-state index contributed by atoms with van der Waals surface area (Å²) in [5.74, 6) is 0. The van der Waals surface area contributed by atoms with Crippen LogP contribution >= 0.6 is 15.9 Å². The number of likely N-dealkylation sites (N-methyl/N-ethyl adjacent to an activating group) is 1. The molecule has 2 nitrogen and oxygen atoms in total. The van der Waals surface area contributed by atoms with Gasteiger partial charge in [-0.2, -0.15) is 0 Å². The zero-order valence-corrected chi connectivity index (χ0v) is 11.4. The van der Waals surface area contributed by atoms with Crippen molar-refractivity contribution in [3.63, 3.8) is 0 Å². The smallest absolute Gasteiger partial charge is 0.0695 e. The van der Waals surface area contributed by atoms with Crippen molar-refractivity contribution < 1.29 is 5.11 Å². The Hall–Kier alpha value is 0.400. The van der Waals surface area contributed by atoms with E-state index in [1.165, 1.54) is 38.5 Å². The largest absolute Gasteiger partial charge is 0.391 e. The normalized spacial score (nSPS) is 27.2. The van der Waals surface area contributed by atoms with Crippen LogP contribution in [-0.2, 0) is 0 Å². The highest BCUT2D eigenvalue weighted by Crippen LogP contribution is 2.22. The minimum atomic E-state index is -0.0834. The maximum Gasteiger partial charge on any atom is 0.0695 e. The van der Waals surface area contributed by atoms with Crippen molar-refractivity contribution in [3.05, 3.63) is 0 Å². The number of aliphatic hydroxyl groups excluding tert-OH is 1. The second kappa shape index (κ2) is 7.64. The Labute approximate surface area is 102 Å². The van der Waals surface area contributed by atoms with E-state index in [9.17, 15) is 5.11 Å². The Bertz CT molecular complexity index is 166. The molecule has 2 unspecified atom stereocenters. The fraction of sp³-hybridized carbons (Fsp3) is 1.00. The van der Waals surface area contributed by atoms with Crippen LogP contribution in [0, 0.1) is 0 Å². The van der Waals surface area contributed by atoms with E-state index in [1.807, 2.05) is 0 Å². The molecule has 1 rings (SSSR count). The van der Waals surface area contributed by atoms with Gasteiger partial charge in [-0.15, -0.1) is 0 Å². The molecule has 1 saturated carbocycles. The molecule has 0 aromatic carbocycles. The average Bonchev–Trinajstić information content (AvgIpc) is 2.25. The van der Waals surface area contributed by atoms with Crippen molar-refractivity contribution in [2.24, 2.45) is 0 Å². The number of hydrogen-bond acceptors (Lipinski definition) is 2. The third-order valence-electron chi connectivity index (χ3n) is 3.40. The molecule has 1 aliphatic rings. The molecule has 90 valence electrons. The van der Waals surface area contributed by atoms with E-state index in [4.69, 9.17) is 0 Å². The number of hydrogen-bond donors (Lipinski definition) is 1. The van der Waals surface area contributed by atoms with Gasteiger partial charge in [-0.25, -0.2) is 0 Å². The van der Waals surface area contributed by atoms with Crippen molar-refractivity contribution in [2.45, 2.75) is 57.1 Å². The van der Waals surface area contributed by atoms with Crippen LogP contribution in [0.4, 0.5) is 0 Å². The summed E-state index contributed by atoms with van der Waals surface area (Å²) in [6.45, 7) is 1.13. The second-order valence-corrected chi connectivity index (χ2v) is 5.44. The molecule has 0 radical (unpaired) electrons. The topological polar surface area (TPSA) is 23.5 Å². The first-order chi connectivity index (χ1) is 7.25. The molecule has 0 aliphatic heterocycles. The quantitative estimate of drug-likeness (QED) is 0.596. The van der Waals surface area contributed by atoms with E-state index < -0.39 is 0 Å². The third kappa shape index (κ3) is 4.83. The highest BCUT2D eigenvalue weighted by atomic mass is 79.9. The summed E-state index contributed by atoms with van der Waals surface area (Å²) >= 11 is 3.45. The van der Waals surface area contributed by atoms with E-state index in [0.717, 1.165) is 18.3 Å². The Morgan fingerprint density at radius 2 is 1.93 bits per heavy atom. The van der Waals surface area contributed by atoms with Crippen LogP contribution in [0.25, 0.3) is 0 Å². The molecule has 0 aromatic rings. The fourth-order valence-corrected chi connectivity index (χ4v) is 2.80. The van der Waals surface area contributed by atoms with Gasteiger partial charge >= 0.3 is 0 Å². The van der Waals surface area contributed by atoms with E-state index >= 15 is 0 Å². The lowest BCUT2D eigenvalue weighted by molar-refractivity contribution is 0.0316. The molecule has 15 heavy (non-hydrogen) atoms. The van der Waals surface area contributed by atoms with E-state index in [2.05, 4.69) is 27.9 Å². The molecule has 0 saturated heterocycles. The van der Waals surface area contributed by atoms with Crippen molar-refractivity contribution in [1.82, 2.24) is 4.90 Å². The van der Waals surface area contributed by atoms with Crippen LogP contribution < -0.4 is 0 Å². The molecule has 0 amide bonds. The SMILES string of the molecule is CN(CCCCCBr)C1CCCCC1O. The molecule has 0 aromatic heterocycles. The van der Waals surface area contributed by atoms with Gasteiger partial charge in [-0.05, 0) is 39.3 Å². The van der Waals surface area contributed by atoms with Gasteiger partial charge in [0.2, 0.25) is 0 Å². The number of unbranched alkanes of at least 4 members (excludes halogenated alkanes) is 2. The first-order valence-electron chi connectivity index (χ1n) is 6.20. The number of nitrogens with zero attached hydrogens (tertiary/aromatic N) is 1. The van der Waals surface area contributed by atoms with Gasteiger partial charge in [0.25, 0.3) is 0 Å². The van der Waals surface area contributed by atoms with Gasteiger partial charge in [0.05, 0.1) is 6.10 Å². The van der Waals surface area contributed by atoms with Crippen LogP contribution in [0.5, 0.6) is 0 Å². The van der Waals surface area contributed by atoms with Gasteiger partial charge < -0.3 is 10.0 Å². The summed E-state index contributed by atoms with van der Waals surface area (Å²) in [6, 6.07) is 0.419. The molecule has 1 N–H and O–H groups in total. The van der Waals surface area contributed by atoms with E-state index in [0.29, 0.717) is 6.04 Å². The Balaban J connectivity index is 2.16. The first kappa shape index (κ1) is 13.5. The lowest BCUT2D eigenvalue weighted by atomic mass is 9.91. The number of aliphatic hydroxyl groups is 1. The summed E-state index contributed by atoms with van der Waals surface area (Å²) in [6.07, 6.45) is 8.39. The van der Waals surface area contributed by atoms with Crippen LogP contribution in [0.2, 0.25) is 0 Å². The van der Waals surface area contributed by atoms with Gasteiger partial charge in [-0.3, -0.25) is 0 Å². The highest BCUT2D eigenvalue weighted by Gasteiger charge is 2.25. The summed E-state index contributed by atoms with van der Waals surface area (Å²) < 4.78 is 0. The second-order valence-electron chi connectivity index (χ2n) is 4.65. The monoisotopic (exact) mass is 277 g/mol. The molecule has 0 spiro atoms. The van der Waals surface area contributed by atoms with Gasteiger partial charge in [0.1, 0.15) is 0 Å². The van der Waals surface area contributed by atoms with Crippen LogP contribution in [-0.4, -0.2) is 41.1 Å². The zero-order valence-electron chi connectivity index (χ0n) is 9.79. The lowest BCUT2D eigenvalue weighted by Crippen LogP contribution is -2.43. The van der Waals surface area contributed by atoms with Crippen LogP contribution in [0.15, 0.2) is 0 Å². The van der Waals surface area contributed by atoms with Crippen LogP contribution in [0.3, 0.4) is 0 Å². The van der Waals surface area contributed by atoms with Gasteiger partial charge in [0.15, 0.2) is 0 Å². The molecule has 3 heteroatoms. The van der Waals surface area contributed by atoms with Crippen molar-refractivity contribution in [1.29, 1.82) is 0 Å². The predicted molar refractivity (Wildman–Crippen MR) is 68.5 cm³/mol. The Morgan fingerprint density at radius 3 is 2.60 bits per heavy atom. The lowest BCUT2D eigenvalue weighted by Gasteiger charge is -2.35. The minimum Gasteiger partial charge on any atom is -0.391 e.